The Hall–Kier alpha value is -1.98. The van der Waals surface area contributed by atoms with Gasteiger partial charge in [0.25, 0.3) is 0 Å². The maximum absolute atomic E-state index is 12.1. The van der Waals surface area contributed by atoms with Crippen LogP contribution in [0.1, 0.15) is 18.2 Å². The molecule has 23 heavy (non-hydrogen) atoms. The van der Waals surface area contributed by atoms with E-state index in [4.69, 9.17) is 11.6 Å². The Bertz CT molecular complexity index is 660. The molecule has 0 saturated carbocycles. The van der Waals surface area contributed by atoms with Gasteiger partial charge in [0, 0.05) is 30.6 Å². The van der Waals surface area contributed by atoms with Crippen LogP contribution in [0.5, 0.6) is 0 Å². The highest BCUT2D eigenvalue weighted by atomic mass is 35.5. The number of carbonyl (C=O) groups is 1. The molecule has 2 rings (SSSR count). The Morgan fingerprint density at radius 1 is 1.35 bits per heavy atom. The van der Waals surface area contributed by atoms with Crippen LogP contribution in [0.2, 0.25) is 5.02 Å². The lowest BCUT2D eigenvalue weighted by atomic mass is 10.1. The molecule has 0 aromatic carbocycles. The fraction of sp³-hybridized carbons (Fsp3) is 0.353. The van der Waals surface area contributed by atoms with E-state index in [1.54, 1.807) is 12.1 Å². The summed E-state index contributed by atoms with van der Waals surface area (Å²) in [6.45, 7) is 4.42. The summed E-state index contributed by atoms with van der Waals surface area (Å²) in [6.07, 6.45) is 4.12. The summed E-state index contributed by atoms with van der Waals surface area (Å²) in [7, 11) is 1.93. The molecule has 0 aliphatic rings. The zero-order chi connectivity index (χ0) is 16.8. The lowest BCUT2D eigenvalue weighted by Gasteiger charge is -2.23. The average molecular weight is 333 g/mol. The maximum atomic E-state index is 12.1. The number of rotatable bonds is 6. The number of aryl methyl sites for hydroxylation is 1. The minimum atomic E-state index is -0.105. The van der Waals surface area contributed by atoms with E-state index in [1.807, 2.05) is 31.1 Å². The van der Waals surface area contributed by atoms with E-state index < -0.39 is 0 Å². The number of amides is 1. The summed E-state index contributed by atoms with van der Waals surface area (Å²) in [5, 5.41) is 3.30. The van der Waals surface area contributed by atoms with E-state index in [2.05, 4.69) is 28.3 Å². The topological polar surface area (TPSA) is 58.1 Å². The van der Waals surface area contributed by atoms with Crippen LogP contribution in [0.25, 0.3) is 0 Å². The number of anilines is 1. The first-order chi connectivity index (χ1) is 10.9. The zero-order valence-electron chi connectivity index (χ0n) is 13.6. The van der Waals surface area contributed by atoms with E-state index in [0.29, 0.717) is 10.8 Å². The number of nitrogens with one attached hydrogen (secondary N) is 1. The fourth-order valence-corrected chi connectivity index (χ4v) is 2.30. The van der Waals surface area contributed by atoms with Crippen molar-refractivity contribution in [1.82, 2.24) is 14.9 Å². The molecular weight excluding hydrogens is 312 g/mol. The van der Waals surface area contributed by atoms with Crippen LogP contribution in [0.3, 0.4) is 0 Å². The highest BCUT2D eigenvalue weighted by Crippen LogP contribution is 2.10. The number of hydrogen-bond donors (Lipinski definition) is 1. The molecule has 1 unspecified atom stereocenters. The van der Waals surface area contributed by atoms with Crippen LogP contribution in [-0.4, -0.2) is 40.4 Å². The van der Waals surface area contributed by atoms with E-state index in [9.17, 15) is 4.79 Å². The molecule has 0 fully saturated rings. The molecule has 2 aromatic heterocycles. The third-order valence-electron chi connectivity index (χ3n) is 3.62. The van der Waals surface area contributed by atoms with Gasteiger partial charge in [-0.2, -0.15) is 0 Å². The van der Waals surface area contributed by atoms with Gasteiger partial charge in [-0.25, -0.2) is 4.98 Å². The molecule has 1 N–H and O–H groups in total. The smallest absolute Gasteiger partial charge is 0.239 e. The van der Waals surface area contributed by atoms with Gasteiger partial charge in [0.15, 0.2) is 0 Å². The average Bonchev–Trinajstić information content (AvgIpc) is 2.49. The first kappa shape index (κ1) is 17.4. The second-order valence-corrected chi connectivity index (χ2v) is 6.14. The number of hydrogen-bond acceptors (Lipinski definition) is 4. The van der Waals surface area contributed by atoms with Crippen molar-refractivity contribution in [1.29, 1.82) is 0 Å². The van der Waals surface area contributed by atoms with Crippen molar-refractivity contribution in [3.8, 4) is 0 Å². The lowest BCUT2D eigenvalue weighted by Crippen LogP contribution is -2.37. The molecule has 5 nitrogen and oxygen atoms in total. The summed E-state index contributed by atoms with van der Waals surface area (Å²) in [5.41, 5.74) is 2.22. The van der Waals surface area contributed by atoms with Gasteiger partial charge in [-0.05, 0) is 50.7 Å². The molecule has 0 radical (unpaired) electrons. The Kier molecular flexibility index (Phi) is 6.07. The number of carbonyl (C=O) groups excluding carboxylic acids is 1. The highest BCUT2D eigenvalue weighted by molar-refractivity contribution is 6.30. The molecule has 1 amide bonds. The van der Waals surface area contributed by atoms with Gasteiger partial charge >= 0.3 is 0 Å². The van der Waals surface area contributed by atoms with Gasteiger partial charge < -0.3 is 5.32 Å². The van der Waals surface area contributed by atoms with Crippen LogP contribution < -0.4 is 5.32 Å². The number of pyridine rings is 2. The minimum absolute atomic E-state index is 0.105. The molecule has 122 valence electrons. The van der Waals surface area contributed by atoms with Crippen molar-refractivity contribution in [3.63, 3.8) is 0 Å². The standard InChI is InChI=1S/C17H21ClN4O/c1-12-6-7-19-15(8-12)9-13(2)22(3)11-17(23)21-16-5-4-14(18)10-20-16/h4-8,10,13H,9,11H2,1-3H3,(H,20,21,23). The van der Waals surface area contributed by atoms with Crippen molar-refractivity contribution in [3.05, 3.63) is 52.9 Å². The summed E-state index contributed by atoms with van der Waals surface area (Å²) >= 11 is 5.77. The van der Waals surface area contributed by atoms with E-state index in [0.717, 1.165) is 12.1 Å². The minimum Gasteiger partial charge on any atom is -0.310 e. The molecule has 2 heterocycles. The largest absolute Gasteiger partial charge is 0.310 e. The maximum Gasteiger partial charge on any atom is 0.239 e. The van der Waals surface area contributed by atoms with Crippen molar-refractivity contribution in [2.24, 2.45) is 0 Å². The lowest BCUT2D eigenvalue weighted by molar-refractivity contribution is -0.117. The van der Waals surface area contributed by atoms with Crippen LogP contribution in [0.4, 0.5) is 5.82 Å². The van der Waals surface area contributed by atoms with E-state index in [-0.39, 0.29) is 18.5 Å². The van der Waals surface area contributed by atoms with Crippen LogP contribution in [-0.2, 0) is 11.2 Å². The van der Waals surface area contributed by atoms with Crippen molar-refractivity contribution in [2.45, 2.75) is 26.3 Å². The Balaban J connectivity index is 1.86. The van der Waals surface area contributed by atoms with Crippen LogP contribution >= 0.6 is 11.6 Å². The molecule has 6 heteroatoms. The number of likely N-dealkylation sites (N-methyl/N-ethyl adjacent to an activating group) is 1. The molecule has 2 aromatic rings. The first-order valence-corrected chi connectivity index (χ1v) is 7.85. The first-order valence-electron chi connectivity index (χ1n) is 7.47. The van der Waals surface area contributed by atoms with E-state index >= 15 is 0 Å². The second-order valence-electron chi connectivity index (χ2n) is 5.70. The van der Waals surface area contributed by atoms with Crippen molar-refractivity contribution >= 4 is 23.3 Å². The summed E-state index contributed by atoms with van der Waals surface area (Å²) in [4.78, 5) is 22.5. The highest BCUT2D eigenvalue weighted by Gasteiger charge is 2.14. The predicted molar refractivity (Wildman–Crippen MR) is 92.6 cm³/mol. The Morgan fingerprint density at radius 3 is 2.78 bits per heavy atom. The van der Waals surface area contributed by atoms with Gasteiger partial charge in [-0.15, -0.1) is 0 Å². The Labute approximate surface area is 141 Å². The van der Waals surface area contributed by atoms with Gasteiger partial charge in [0.2, 0.25) is 5.91 Å². The molecule has 0 aliphatic heterocycles. The third kappa shape index (κ3) is 5.62. The Morgan fingerprint density at radius 2 is 2.13 bits per heavy atom. The quantitative estimate of drug-likeness (QED) is 0.883. The summed E-state index contributed by atoms with van der Waals surface area (Å²) < 4.78 is 0. The monoisotopic (exact) mass is 332 g/mol. The molecule has 1 atom stereocenters. The van der Waals surface area contributed by atoms with Crippen molar-refractivity contribution in [2.75, 3.05) is 18.9 Å². The zero-order valence-corrected chi connectivity index (χ0v) is 14.3. The number of nitrogens with zero attached hydrogens (tertiary/aromatic N) is 3. The van der Waals surface area contributed by atoms with Gasteiger partial charge in [0.1, 0.15) is 5.82 Å². The van der Waals surface area contributed by atoms with Crippen LogP contribution in [0.15, 0.2) is 36.7 Å². The molecule has 0 aliphatic carbocycles. The second kappa shape index (κ2) is 8.04. The number of halogens is 1. The predicted octanol–water partition coefficient (Wildman–Crippen LogP) is 2.94. The molecule has 0 spiro atoms. The number of aromatic nitrogens is 2. The summed E-state index contributed by atoms with van der Waals surface area (Å²) in [5.74, 6) is 0.396. The van der Waals surface area contributed by atoms with Crippen LogP contribution in [0, 0.1) is 6.92 Å². The van der Waals surface area contributed by atoms with Gasteiger partial charge in [-0.3, -0.25) is 14.7 Å². The normalized spacial score (nSPS) is 12.2. The van der Waals surface area contributed by atoms with Gasteiger partial charge in [0.05, 0.1) is 11.6 Å². The molecule has 0 bridgehead atoms. The van der Waals surface area contributed by atoms with Gasteiger partial charge in [-0.1, -0.05) is 11.6 Å². The fourth-order valence-electron chi connectivity index (χ4n) is 2.18. The van der Waals surface area contributed by atoms with Crippen molar-refractivity contribution < 1.29 is 4.79 Å². The third-order valence-corrected chi connectivity index (χ3v) is 3.84. The molecule has 0 saturated heterocycles. The molecular formula is C17H21ClN4O. The SMILES string of the molecule is Cc1ccnc(CC(C)N(C)CC(=O)Nc2ccc(Cl)cn2)c1. The van der Waals surface area contributed by atoms with E-state index in [1.165, 1.54) is 11.8 Å². The summed E-state index contributed by atoms with van der Waals surface area (Å²) in [6, 6.07) is 7.63.